The first-order valence-corrected chi connectivity index (χ1v) is 7.86. The van der Waals surface area contributed by atoms with Crippen LogP contribution in [0.2, 0.25) is 0 Å². The maximum absolute atomic E-state index is 13.8. The Morgan fingerprint density at radius 2 is 1.57 bits per heavy atom. The molecule has 0 fully saturated rings. The van der Waals surface area contributed by atoms with Crippen molar-refractivity contribution in [3.8, 4) is 0 Å². The fourth-order valence-corrected chi connectivity index (χ4v) is 2.73. The average molecular weight is 306 g/mol. The normalized spacial score (nSPS) is 12.3. The number of sulfone groups is 1. The fraction of sp³-hybridized carbons (Fsp3) is 0.125. The predicted octanol–water partition coefficient (Wildman–Crippen LogP) is 3.49. The van der Waals surface area contributed by atoms with Gasteiger partial charge in [-0.3, -0.25) is 0 Å². The quantitative estimate of drug-likeness (QED) is 0.767. The molecule has 0 unspecified atom stereocenters. The molecular weight excluding hydrogens is 291 g/mol. The van der Waals surface area contributed by atoms with Crippen molar-refractivity contribution >= 4 is 9.84 Å². The van der Waals surface area contributed by atoms with Gasteiger partial charge in [0.05, 0.1) is 18.1 Å². The van der Waals surface area contributed by atoms with Gasteiger partial charge in [-0.25, -0.2) is 8.42 Å². The van der Waals surface area contributed by atoms with Crippen molar-refractivity contribution in [3.63, 3.8) is 0 Å². The molecule has 2 aromatic carbocycles. The van der Waals surface area contributed by atoms with E-state index < -0.39 is 15.0 Å². The van der Waals surface area contributed by atoms with Gasteiger partial charge in [0.2, 0.25) is 15.0 Å². The minimum Gasteiger partial charge on any atom is -0.373 e. The van der Waals surface area contributed by atoms with Gasteiger partial charge >= 0.3 is 0 Å². The second kappa shape index (κ2) is 7.15. The number of hydrogen-bond acceptors (Lipinski definition) is 3. The van der Waals surface area contributed by atoms with Crippen LogP contribution in [0, 0.1) is 0 Å². The number of hydrogen-bond donors (Lipinski definition) is 0. The summed E-state index contributed by atoms with van der Waals surface area (Å²) in [5.74, 6) is 0. The van der Waals surface area contributed by atoms with Crippen LogP contribution < -0.4 is 0 Å². The molecule has 0 spiro atoms. The van der Waals surface area contributed by atoms with Crippen LogP contribution in [0.3, 0.4) is 0 Å². The Labute approximate surface area is 123 Å². The molecule has 0 amide bonds. The van der Waals surface area contributed by atoms with Crippen LogP contribution in [0.15, 0.2) is 76.8 Å². The van der Waals surface area contributed by atoms with Crippen molar-refractivity contribution in [1.82, 2.24) is 0 Å². The molecule has 110 valence electrons. The highest BCUT2D eigenvalue weighted by Crippen LogP contribution is 2.19. The number of halogens is 1. The predicted molar refractivity (Wildman–Crippen MR) is 78.9 cm³/mol. The van der Waals surface area contributed by atoms with E-state index in [0.29, 0.717) is 6.61 Å². The van der Waals surface area contributed by atoms with Gasteiger partial charge in [0.1, 0.15) is 0 Å². The van der Waals surface area contributed by atoms with Crippen LogP contribution in [-0.2, 0) is 21.2 Å². The molecule has 0 aliphatic rings. The lowest BCUT2D eigenvalue weighted by Crippen LogP contribution is -2.03. The Hall–Kier alpha value is -1.98. The van der Waals surface area contributed by atoms with E-state index >= 15 is 0 Å². The van der Waals surface area contributed by atoms with Gasteiger partial charge in [-0.05, 0) is 23.8 Å². The van der Waals surface area contributed by atoms with Crippen molar-refractivity contribution in [3.05, 3.63) is 77.5 Å². The number of rotatable bonds is 6. The lowest BCUT2D eigenvalue weighted by atomic mass is 10.2. The molecule has 0 saturated carbocycles. The van der Waals surface area contributed by atoms with Gasteiger partial charge in [0.25, 0.3) is 0 Å². The molecule has 0 atom stereocenters. The molecule has 0 N–H and O–H groups in total. The first-order valence-electron chi connectivity index (χ1n) is 6.38. The highest BCUT2D eigenvalue weighted by atomic mass is 32.2. The third-order valence-corrected chi connectivity index (χ3v) is 4.36. The summed E-state index contributed by atoms with van der Waals surface area (Å²) in [7, 11) is -4.07. The Morgan fingerprint density at radius 1 is 1.00 bits per heavy atom. The van der Waals surface area contributed by atoms with E-state index in [-0.39, 0.29) is 11.5 Å². The molecule has 2 aromatic rings. The molecular formula is C16H15FO3S. The van der Waals surface area contributed by atoms with Crippen LogP contribution in [0.1, 0.15) is 5.56 Å². The molecule has 0 radical (unpaired) electrons. The summed E-state index contributed by atoms with van der Waals surface area (Å²) >= 11 is 0. The van der Waals surface area contributed by atoms with Gasteiger partial charge in [-0.2, -0.15) is 4.39 Å². The minimum atomic E-state index is -4.07. The third-order valence-electron chi connectivity index (χ3n) is 2.78. The van der Waals surface area contributed by atoms with Crippen molar-refractivity contribution in [2.24, 2.45) is 0 Å². The summed E-state index contributed by atoms with van der Waals surface area (Å²) in [6, 6.07) is 16.9. The molecule has 0 aliphatic heterocycles. The Balaban J connectivity index is 1.95. The zero-order chi connectivity index (χ0) is 15.1. The van der Waals surface area contributed by atoms with Gasteiger partial charge in [-0.1, -0.05) is 48.5 Å². The lowest BCUT2D eigenvalue weighted by Gasteiger charge is -2.03. The summed E-state index contributed by atoms with van der Waals surface area (Å²) in [6.07, 6.45) is 0.936. The SMILES string of the molecule is O=S(=O)(/C(F)=C\COCc1ccccc1)c1ccccc1. The van der Waals surface area contributed by atoms with Crippen LogP contribution >= 0.6 is 0 Å². The number of ether oxygens (including phenoxy) is 1. The first kappa shape index (κ1) is 15.4. The molecule has 2 rings (SSSR count). The standard InChI is InChI=1S/C16H15FO3S/c17-16(21(18,19)15-9-5-2-6-10-15)11-12-20-13-14-7-3-1-4-8-14/h1-11H,12-13H2/b16-11-. The largest absolute Gasteiger partial charge is 0.373 e. The summed E-state index contributed by atoms with van der Waals surface area (Å²) in [6.45, 7) is 0.197. The second-order valence-electron chi connectivity index (χ2n) is 4.33. The smallest absolute Gasteiger partial charge is 0.233 e. The van der Waals surface area contributed by atoms with E-state index in [4.69, 9.17) is 4.74 Å². The molecule has 0 aromatic heterocycles. The number of benzene rings is 2. The second-order valence-corrected chi connectivity index (χ2v) is 6.19. The van der Waals surface area contributed by atoms with Crippen LogP contribution in [0.5, 0.6) is 0 Å². The Kier molecular flexibility index (Phi) is 5.25. The van der Waals surface area contributed by atoms with Crippen LogP contribution in [0.25, 0.3) is 0 Å². The average Bonchev–Trinajstić information content (AvgIpc) is 2.53. The zero-order valence-electron chi connectivity index (χ0n) is 11.3. The van der Waals surface area contributed by atoms with Crippen molar-refractivity contribution in [2.45, 2.75) is 11.5 Å². The molecule has 0 saturated heterocycles. The zero-order valence-corrected chi connectivity index (χ0v) is 12.1. The molecule has 3 nitrogen and oxygen atoms in total. The van der Waals surface area contributed by atoms with Gasteiger partial charge < -0.3 is 4.74 Å². The van der Waals surface area contributed by atoms with E-state index in [2.05, 4.69) is 0 Å². The highest BCUT2D eigenvalue weighted by Gasteiger charge is 2.19. The molecule has 0 heterocycles. The van der Waals surface area contributed by atoms with Crippen LogP contribution in [-0.4, -0.2) is 15.0 Å². The maximum Gasteiger partial charge on any atom is 0.233 e. The molecule has 21 heavy (non-hydrogen) atoms. The topological polar surface area (TPSA) is 43.4 Å². The van der Waals surface area contributed by atoms with Crippen molar-refractivity contribution in [2.75, 3.05) is 6.61 Å². The Bertz CT molecular complexity index is 695. The van der Waals surface area contributed by atoms with E-state index in [1.807, 2.05) is 30.3 Å². The van der Waals surface area contributed by atoms with Gasteiger partial charge in [0, 0.05) is 0 Å². The first-order chi connectivity index (χ1) is 10.1. The maximum atomic E-state index is 13.8. The van der Waals surface area contributed by atoms with E-state index in [9.17, 15) is 12.8 Å². The van der Waals surface area contributed by atoms with Crippen molar-refractivity contribution in [1.29, 1.82) is 0 Å². The highest BCUT2D eigenvalue weighted by molar-refractivity contribution is 7.95. The van der Waals surface area contributed by atoms with Crippen molar-refractivity contribution < 1.29 is 17.5 Å². The van der Waals surface area contributed by atoms with E-state index in [1.165, 1.54) is 12.1 Å². The fourth-order valence-electron chi connectivity index (χ4n) is 1.70. The van der Waals surface area contributed by atoms with Crippen LogP contribution in [0.4, 0.5) is 4.39 Å². The minimum absolute atomic E-state index is 0.0678. The van der Waals surface area contributed by atoms with E-state index in [1.54, 1.807) is 18.2 Å². The molecule has 0 bridgehead atoms. The van der Waals surface area contributed by atoms with Gasteiger partial charge in [0.15, 0.2) is 0 Å². The lowest BCUT2D eigenvalue weighted by molar-refractivity contribution is 0.148. The van der Waals surface area contributed by atoms with E-state index in [0.717, 1.165) is 11.6 Å². The summed E-state index contributed by atoms with van der Waals surface area (Å²) in [5, 5.41) is -1.19. The summed E-state index contributed by atoms with van der Waals surface area (Å²) < 4.78 is 42.8. The van der Waals surface area contributed by atoms with Gasteiger partial charge in [-0.15, -0.1) is 0 Å². The molecule has 0 aliphatic carbocycles. The molecule has 5 heteroatoms. The monoisotopic (exact) mass is 306 g/mol. The summed E-state index contributed by atoms with van der Waals surface area (Å²) in [4.78, 5) is -0.0678. The summed E-state index contributed by atoms with van der Waals surface area (Å²) in [5.41, 5.74) is 0.942. The third kappa shape index (κ3) is 4.24. The Morgan fingerprint density at radius 3 is 2.19 bits per heavy atom.